The zero-order chi connectivity index (χ0) is 22.1. The van der Waals surface area contributed by atoms with Crippen molar-refractivity contribution in [1.29, 1.82) is 0 Å². The summed E-state index contributed by atoms with van der Waals surface area (Å²) >= 11 is 0. The lowest BCUT2D eigenvalue weighted by Crippen LogP contribution is -2.28. The number of nitrogens with zero attached hydrogens (tertiary/aromatic N) is 6. The van der Waals surface area contributed by atoms with E-state index >= 15 is 4.39 Å². The summed E-state index contributed by atoms with van der Waals surface area (Å²) in [4.78, 5) is 15.8. The Kier molecular flexibility index (Phi) is 5.78. The van der Waals surface area contributed by atoms with E-state index in [0.717, 1.165) is 24.3 Å². The number of sulfonamides is 1. The Morgan fingerprint density at radius 2 is 1.87 bits per heavy atom. The minimum Gasteiger partial charge on any atom is -0.344 e. The molecule has 3 heterocycles. The van der Waals surface area contributed by atoms with Gasteiger partial charge in [0.2, 0.25) is 21.8 Å². The normalized spacial score (nSPS) is 12.5. The quantitative estimate of drug-likeness (QED) is 0.503. The molecule has 30 heavy (non-hydrogen) atoms. The topological polar surface area (TPSA) is 142 Å². The Morgan fingerprint density at radius 1 is 1.20 bits per heavy atom. The Morgan fingerprint density at radius 3 is 2.43 bits per heavy atom. The maximum Gasteiger partial charge on any atom is 0.233 e. The molecule has 0 aromatic carbocycles. The molecule has 0 saturated heterocycles. The van der Waals surface area contributed by atoms with Gasteiger partial charge in [-0.3, -0.25) is 9.40 Å². The molecule has 3 aromatic heterocycles. The second kappa shape index (κ2) is 8.14. The SMILES string of the molecule is Cc1cc(Nc2nc(NC(C)c3ncc(F)cn3)nc(N(C)S(C)(=O)=O)c2F)n[nH]1. The Hall–Kier alpha value is -3.42. The largest absolute Gasteiger partial charge is 0.344 e. The first-order valence-corrected chi connectivity index (χ1v) is 10.4. The molecule has 0 radical (unpaired) electrons. The molecular weight excluding hydrogens is 420 g/mol. The van der Waals surface area contributed by atoms with E-state index < -0.39 is 33.5 Å². The van der Waals surface area contributed by atoms with Crippen molar-refractivity contribution in [2.45, 2.75) is 19.9 Å². The number of aromatic nitrogens is 6. The average Bonchev–Trinajstić information content (AvgIpc) is 3.08. The number of rotatable bonds is 7. The summed E-state index contributed by atoms with van der Waals surface area (Å²) in [7, 11) is -2.64. The van der Waals surface area contributed by atoms with E-state index in [-0.39, 0.29) is 23.4 Å². The Balaban J connectivity index is 2.00. The number of halogens is 2. The number of H-pyrrole nitrogens is 1. The summed E-state index contributed by atoms with van der Waals surface area (Å²) in [6.45, 7) is 3.42. The molecule has 0 aliphatic rings. The summed E-state index contributed by atoms with van der Waals surface area (Å²) in [5, 5.41) is 12.2. The van der Waals surface area contributed by atoms with Gasteiger partial charge in [0, 0.05) is 18.8 Å². The highest BCUT2D eigenvalue weighted by atomic mass is 32.2. The number of anilines is 4. The van der Waals surface area contributed by atoms with E-state index in [4.69, 9.17) is 0 Å². The molecule has 11 nitrogen and oxygen atoms in total. The third-order valence-corrected chi connectivity index (χ3v) is 5.12. The highest BCUT2D eigenvalue weighted by Crippen LogP contribution is 2.28. The lowest BCUT2D eigenvalue weighted by Gasteiger charge is -2.20. The van der Waals surface area contributed by atoms with Crippen LogP contribution in [0.15, 0.2) is 18.5 Å². The molecule has 0 spiro atoms. The third-order valence-electron chi connectivity index (χ3n) is 3.96. The summed E-state index contributed by atoms with van der Waals surface area (Å²) in [5.74, 6) is -1.94. The molecule has 0 amide bonds. The molecular formula is C16H19F2N9O2S. The second-order valence-corrected chi connectivity index (χ2v) is 8.46. The predicted octanol–water partition coefficient (Wildman–Crippen LogP) is 1.89. The average molecular weight is 439 g/mol. The van der Waals surface area contributed by atoms with Gasteiger partial charge in [-0.05, 0) is 13.8 Å². The van der Waals surface area contributed by atoms with Crippen LogP contribution in [0.3, 0.4) is 0 Å². The summed E-state index contributed by atoms with van der Waals surface area (Å²) < 4.78 is 52.6. The van der Waals surface area contributed by atoms with Crippen LogP contribution < -0.4 is 14.9 Å². The van der Waals surface area contributed by atoms with Gasteiger partial charge in [0.15, 0.2) is 23.3 Å². The zero-order valence-electron chi connectivity index (χ0n) is 16.5. The Bertz CT molecular complexity index is 1150. The highest BCUT2D eigenvalue weighted by Gasteiger charge is 2.24. The molecule has 0 saturated carbocycles. The van der Waals surface area contributed by atoms with Crippen molar-refractivity contribution >= 4 is 33.4 Å². The van der Waals surface area contributed by atoms with E-state index in [9.17, 15) is 12.8 Å². The van der Waals surface area contributed by atoms with Gasteiger partial charge < -0.3 is 10.6 Å². The predicted molar refractivity (Wildman–Crippen MR) is 106 cm³/mol. The van der Waals surface area contributed by atoms with Gasteiger partial charge in [-0.2, -0.15) is 19.5 Å². The first-order chi connectivity index (χ1) is 14.0. The van der Waals surface area contributed by atoms with Gasteiger partial charge in [0.25, 0.3) is 0 Å². The molecule has 3 rings (SSSR count). The molecule has 3 aromatic rings. The number of aryl methyl sites for hydroxylation is 1. The van der Waals surface area contributed by atoms with E-state index in [2.05, 4.69) is 40.8 Å². The van der Waals surface area contributed by atoms with Crippen LogP contribution >= 0.6 is 0 Å². The molecule has 1 unspecified atom stereocenters. The molecule has 0 aliphatic carbocycles. The Labute approximate surface area is 171 Å². The van der Waals surface area contributed by atoms with Crippen LogP contribution in [0.1, 0.15) is 24.5 Å². The van der Waals surface area contributed by atoms with E-state index in [1.165, 1.54) is 7.05 Å². The van der Waals surface area contributed by atoms with Crippen molar-refractivity contribution < 1.29 is 17.2 Å². The van der Waals surface area contributed by atoms with Crippen LogP contribution in [0.25, 0.3) is 0 Å². The fourth-order valence-corrected chi connectivity index (χ4v) is 2.79. The van der Waals surface area contributed by atoms with E-state index in [1.807, 2.05) is 0 Å². The van der Waals surface area contributed by atoms with Crippen molar-refractivity contribution in [1.82, 2.24) is 30.1 Å². The second-order valence-electron chi connectivity index (χ2n) is 6.45. The summed E-state index contributed by atoms with van der Waals surface area (Å²) in [6.07, 6.45) is 2.92. The summed E-state index contributed by atoms with van der Waals surface area (Å²) in [5.41, 5.74) is 0.723. The van der Waals surface area contributed by atoms with Crippen molar-refractivity contribution in [3.63, 3.8) is 0 Å². The molecule has 160 valence electrons. The first-order valence-electron chi connectivity index (χ1n) is 8.59. The van der Waals surface area contributed by atoms with Crippen molar-refractivity contribution in [3.05, 3.63) is 41.6 Å². The van der Waals surface area contributed by atoms with Crippen LogP contribution in [-0.2, 0) is 10.0 Å². The fraction of sp³-hybridized carbons (Fsp3) is 0.312. The van der Waals surface area contributed by atoms with Gasteiger partial charge in [-0.1, -0.05) is 0 Å². The molecule has 1 atom stereocenters. The smallest absolute Gasteiger partial charge is 0.233 e. The number of hydrogen-bond acceptors (Lipinski definition) is 9. The third kappa shape index (κ3) is 4.76. The lowest BCUT2D eigenvalue weighted by atomic mass is 10.3. The van der Waals surface area contributed by atoms with Crippen molar-refractivity contribution in [2.24, 2.45) is 0 Å². The lowest BCUT2D eigenvalue weighted by molar-refractivity contribution is 0.592. The van der Waals surface area contributed by atoms with E-state index in [1.54, 1.807) is 19.9 Å². The standard InChI is InChI=1S/C16H19F2N9O2S/c1-8-5-11(26-25-8)22-14-12(18)15(27(3)30(4,28)29)24-16(23-14)21-9(2)13-19-6-10(17)7-20-13/h5-7,9H,1-4H3,(H3,21,22,23,24,25,26). The van der Waals surface area contributed by atoms with Crippen LogP contribution in [-0.4, -0.2) is 51.9 Å². The molecule has 14 heteroatoms. The van der Waals surface area contributed by atoms with Crippen LogP contribution in [0.2, 0.25) is 0 Å². The number of hydrogen-bond donors (Lipinski definition) is 3. The highest BCUT2D eigenvalue weighted by molar-refractivity contribution is 7.92. The monoisotopic (exact) mass is 439 g/mol. The van der Waals surface area contributed by atoms with Crippen LogP contribution in [0.4, 0.5) is 32.2 Å². The zero-order valence-corrected chi connectivity index (χ0v) is 17.3. The molecule has 0 aliphatic heterocycles. The van der Waals surface area contributed by atoms with Gasteiger partial charge in [0.1, 0.15) is 5.82 Å². The van der Waals surface area contributed by atoms with Gasteiger partial charge in [0.05, 0.1) is 24.7 Å². The minimum atomic E-state index is -3.81. The minimum absolute atomic E-state index is 0.0999. The van der Waals surface area contributed by atoms with E-state index in [0.29, 0.717) is 4.31 Å². The molecule has 0 fully saturated rings. The number of aromatic amines is 1. The van der Waals surface area contributed by atoms with Crippen molar-refractivity contribution in [2.75, 3.05) is 28.2 Å². The molecule has 3 N–H and O–H groups in total. The van der Waals surface area contributed by atoms with Crippen molar-refractivity contribution in [3.8, 4) is 0 Å². The van der Waals surface area contributed by atoms with Gasteiger partial charge in [-0.15, -0.1) is 0 Å². The molecule has 0 bridgehead atoms. The number of nitrogens with one attached hydrogen (secondary N) is 3. The van der Waals surface area contributed by atoms with Crippen LogP contribution in [0, 0.1) is 18.6 Å². The maximum absolute atomic E-state index is 15.0. The maximum atomic E-state index is 15.0. The first kappa shape index (κ1) is 21.3. The van der Waals surface area contributed by atoms with Gasteiger partial charge in [-0.25, -0.2) is 22.8 Å². The summed E-state index contributed by atoms with van der Waals surface area (Å²) in [6, 6.07) is 1.02. The van der Waals surface area contributed by atoms with Gasteiger partial charge >= 0.3 is 0 Å². The van der Waals surface area contributed by atoms with Crippen LogP contribution in [0.5, 0.6) is 0 Å². The fourth-order valence-electron chi connectivity index (χ4n) is 2.36.